The van der Waals surface area contributed by atoms with Crippen molar-refractivity contribution >= 4 is 10.0 Å². The lowest BCUT2D eigenvalue weighted by molar-refractivity contribution is -0.142. The molecular formula is C16H17F4N3O2S. The van der Waals surface area contributed by atoms with E-state index in [4.69, 9.17) is 0 Å². The number of hydrogen-bond acceptors (Lipinski definition) is 3. The van der Waals surface area contributed by atoms with Crippen LogP contribution in [0, 0.1) is 5.82 Å². The molecule has 1 heterocycles. The number of sulfonamides is 1. The van der Waals surface area contributed by atoms with Gasteiger partial charge in [-0.2, -0.15) is 18.3 Å². The lowest BCUT2D eigenvalue weighted by Crippen LogP contribution is -2.29. The van der Waals surface area contributed by atoms with Gasteiger partial charge in [0.05, 0.1) is 6.54 Å². The Labute approximate surface area is 148 Å². The van der Waals surface area contributed by atoms with Gasteiger partial charge in [0.2, 0.25) is 10.0 Å². The van der Waals surface area contributed by atoms with Gasteiger partial charge < -0.3 is 0 Å². The molecule has 0 aliphatic heterocycles. The number of halogens is 4. The fraction of sp³-hybridized carbons (Fsp3) is 0.438. The molecule has 5 nitrogen and oxygen atoms in total. The summed E-state index contributed by atoms with van der Waals surface area (Å²) in [6, 6.07) is 4.89. The second-order valence-corrected chi connectivity index (χ2v) is 7.77. The number of benzene rings is 1. The van der Waals surface area contributed by atoms with Crippen molar-refractivity contribution < 1.29 is 26.0 Å². The van der Waals surface area contributed by atoms with Gasteiger partial charge in [-0.1, -0.05) is 12.1 Å². The molecule has 3 rings (SSSR count). The van der Waals surface area contributed by atoms with Crippen molar-refractivity contribution in [3.63, 3.8) is 0 Å². The van der Waals surface area contributed by atoms with E-state index in [1.165, 1.54) is 16.8 Å². The molecule has 142 valence electrons. The minimum Gasteiger partial charge on any atom is -0.267 e. The first kappa shape index (κ1) is 18.8. The highest BCUT2D eigenvalue weighted by molar-refractivity contribution is 7.89. The summed E-state index contributed by atoms with van der Waals surface area (Å²) >= 11 is 0. The highest BCUT2D eigenvalue weighted by Crippen LogP contribution is 2.35. The van der Waals surface area contributed by atoms with E-state index in [0.717, 1.165) is 18.6 Å². The first-order chi connectivity index (χ1) is 12.2. The molecule has 1 aliphatic rings. The topological polar surface area (TPSA) is 64.0 Å². The number of nitrogens with zero attached hydrogens (tertiary/aromatic N) is 2. The third-order valence-corrected chi connectivity index (χ3v) is 5.76. The van der Waals surface area contributed by atoms with Gasteiger partial charge >= 0.3 is 6.18 Å². The van der Waals surface area contributed by atoms with Gasteiger partial charge in [0.1, 0.15) is 10.7 Å². The third-order valence-electron chi connectivity index (χ3n) is 4.27. The van der Waals surface area contributed by atoms with Gasteiger partial charge in [0, 0.05) is 17.8 Å². The van der Waals surface area contributed by atoms with Crippen LogP contribution >= 0.6 is 0 Å². The Kier molecular flexibility index (Phi) is 5.07. The van der Waals surface area contributed by atoms with Crippen molar-refractivity contribution in [1.29, 1.82) is 0 Å². The van der Waals surface area contributed by atoms with Crippen molar-refractivity contribution in [3.05, 3.63) is 47.0 Å². The molecule has 10 heteroatoms. The van der Waals surface area contributed by atoms with E-state index in [9.17, 15) is 26.0 Å². The number of hydrogen-bond donors (Lipinski definition) is 1. The monoisotopic (exact) mass is 391 g/mol. The Morgan fingerprint density at radius 1 is 1.15 bits per heavy atom. The Morgan fingerprint density at radius 3 is 2.54 bits per heavy atom. The predicted molar refractivity (Wildman–Crippen MR) is 85.5 cm³/mol. The predicted octanol–water partition coefficient (Wildman–Crippen LogP) is 2.90. The zero-order valence-corrected chi connectivity index (χ0v) is 14.5. The molecule has 1 N–H and O–H groups in total. The van der Waals surface area contributed by atoms with Gasteiger partial charge in [0.25, 0.3) is 0 Å². The quantitative estimate of drug-likeness (QED) is 0.798. The standard InChI is InChI=1S/C16H17F4N3O2S/c17-12-6-2-4-8-14(12)26(24,25)21-9-10-23-13-7-3-1-5-11(13)15(22-23)16(18,19)20/h2,4,6,8,21H,1,3,5,7,9-10H2. The largest absolute Gasteiger partial charge is 0.435 e. The molecule has 0 saturated heterocycles. The summed E-state index contributed by atoms with van der Waals surface area (Å²) in [6.45, 7) is -0.256. The first-order valence-electron chi connectivity index (χ1n) is 8.10. The van der Waals surface area contributed by atoms with Crippen LogP contribution in [0.3, 0.4) is 0 Å². The van der Waals surface area contributed by atoms with E-state index in [0.29, 0.717) is 25.0 Å². The Balaban J connectivity index is 1.77. The fourth-order valence-electron chi connectivity index (χ4n) is 3.11. The lowest BCUT2D eigenvalue weighted by Gasteiger charge is -2.15. The van der Waals surface area contributed by atoms with Crippen LogP contribution in [-0.4, -0.2) is 24.7 Å². The molecule has 2 aromatic rings. The highest BCUT2D eigenvalue weighted by Gasteiger charge is 2.39. The fourth-order valence-corrected chi connectivity index (χ4v) is 4.21. The van der Waals surface area contributed by atoms with Crippen LogP contribution < -0.4 is 4.72 Å². The minimum absolute atomic E-state index is 0.0634. The maximum Gasteiger partial charge on any atom is 0.435 e. The molecule has 1 aromatic carbocycles. The third kappa shape index (κ3) is 3.75. The van der Waals surface area contributed by atoms with Crippen LogP contribution in [0.5, 0.6) is 0 Å². The summed E-state index contributed by atoms with van der Waals surface area (Å²) in [5.74, 6) is -0.893. The Hall–Kier alpha value is -1.94. The van der Waals surface area contributed by atoms with Crippen LogP contribution in [-0.2, 0) is 35.6 Å². The van der Waals surface area contributed by atoms with Crippen LogP contribution in [0.2, 0.25) is 0 Å². The van der Waals surface area contributed by atoms with Crippen molar-refractivity contribution in [2.24, 2.45) is 0 Å². The van der Waals surface area contributed by atoms with Crippen molar-refractivity contribution in [3.8, 4) is 0 Å². The van der Waals surface area contributed by atoms with Gasteiger partial charge in [-0.15, -0.1) is 0 Å². The molecule has 0 unspecified atom stereocenters. The molecule has 0 atom stereocenters. The van der Waals surface area contributed by atoms with Gasteiger partial charge in [-0.05, 0) is 37.8 Å². The maximum absolute atomic E-state index is 13.6. The Bertz CT molecular complexity index is 907. The summed E-state index contributed by atoms with van der Waals surface area (Å²) in [5, 5.41) is 3.66. The SMILES string of the molecule is O=S(=O)(NCCn1nc(C(F)(F)F)c2c1CCCC2)c1ccccc1F. The summed E-state index contributed by atoms with van der Waals surface area (Å²) in [7, 11) is -4.09. The van der Waals surface area contributed by atoms with Crippen molar-refractivity contribution in [2.45, 2.75) is 43.3 Å². The normalized spacial score (nSPS) is 15.1. The molecule has 1 aliphatic carbocycles. The highest BCUT2D eigenvalue weighted by atomic mass is 32.2. The van der Waals surface area contributed by atoms with Crippen LogP contribution in [0.15, 0.2) is 29.2 Å². The van der Waals surface area contributed by atoms with Crippen LogP contribution in [0.25, 0.3) is 0 Å². The molecule has 0 spiro atoms. The van der Waals surface area contributed by atoms with Crippen molar-refractivity contribution in [1.82, 2.24) is 14.5 Å². The maximum atomic E-state index is 13.6. The smallest absolute Gasteiger partial charge is 0.267 e. The lowest BCUT2D eigenvalue weighted by atomic mass is 9.95. The minimum atomic E-state index is -4.54. The van der Waals surface area contributed by atoms with E-state index in [2.05, 4.69) is 9.82 Å². The molecule has 0 fully saturated rings. The van der Waals surface area contributed by atoms with Gasteiger partial charge in [-0.25, -0.2) is 17.5 Å². The molecule has 0 bridgehead atoms. The van der Waals surface area contributed by atoms with E-state index in [1.54, 1.807) is 0 Å². The molecule has 26 heavy (non-hydrogen) atoms. The average Bonchev–Trinajstić information content (AvgIpc) is 2.94. The summed E-state index contributed by atoms with van der Waals surface area (Å²) in [4.78, 5) is -0.501. The summed E-state index contributed by atoms with van der Waals surface area (Å²) < 4.78 is 80.7. The molecule has 0 radical (unpaired) electrons. The van der Waals surface area contributed by atoms with E-state index in [-0.39, 0.29) is 18.7 Å². The Morgan fingerprint density at radius 2 is 1.85 bits per heavy atom. The zero-order valence-electron chi connectivity index (χ0n) is 13.7. The number of aromatic nitrogens is 2. The van der Waals surface area contributed by atoms with Crippen LogP contribution in [0.4, 0.5) is 17.6 Å². The zero-order chi connectivity index (χ0) is 18.9. The summed E-state index contributed by atoms with van der Waals surface area (Å²) in [6.07, 6.45) is -2.33. The molecule has 0 saturated carbocycles. The van der Waals surface area contributed by atoms with Gasteiger partial charge in [-0.3, -0.25) is 4.68 Å². The number of fused-ring (bicyclic) bond motifs is 1. The van der Waals surface area contributed by atoms with Crippen molar-refractivity contribution in [2.75, 3.05) is 6.54 Å². The first-order valence-corrected chi connectivity index (χ1v) is 9.58. The second kappa shape index (κ2) is 6.99. The van der Waals surface area contributed by atoms with E-state index >= 15 is 0 Å². The average molecular weight is 391 g/mol. The van der Waals surface area contributed by atoms with Crippen LogP contribution in [0.1, 0.15) is 29.8 Å². The summed E-state index contributed by atoms with van der Waals surface area (Å²) in [5.41, 5.74) is -0.210. The second-order valence-electron chi connectivity index (χ2n) is 6.03. The van der Waals surface area contributed by atoms with E-state index in [1.807, 2.05) is 0 Å². The number of rotatable bonds is 5. The molecule has 1 aromatic heterocycles. The molecular weight excluding hydrogens is 374 g/mol. The van der Waals surface area contributed by atoms with Gasteiger partial charge in [0.15, 0.2) is 5.69 Å². The number of alkyl halides is 3. The molecule has 0 amide bonds. The number of nitrogens with one attached hydrogen (secondary N) is 1. The van der Waals surface area contributed by atoms with E-state index < -0.39 is 32.6 Å².